The summed E-state index contributed by atoms with van der Waals surface area (Å²) in [5, 5.41) is 8.12. The van der Waals surface area contributed by atoms with Gasteiger partial charge in [-0.25, -0.2) is 4.79 Å². The zero-order chi connectivity index (χ0) is 15.2. The molecule has 2 aromatic carbocycles. The fourth-order valence-electron chi connectivity index (χ4n) is 1.70. The quantitative estimate of drug-likeness (QED) is 0.691. The van der Waals surface area contributed by atoms with Gasteiger partial charge in [-0.05, 0) is 65.1 Å². The summed E-state index contributed by atoms with van der Waals surface area (Å²) in [6.45, 7) is 1.43. The van der Waals surface area contributed by atoms with Gasteiger partial charge in [-0.1, -0.05) is 6.07 Å². The Balaban J connectivity index is 1.99. The summed E-state index contributed by atoms with van der Waals surface area (Å²) in [5.41, 5.74) is 1.95. The highest BCUT2D eigenvalue weighted by Crippen LogP contribution is 2.16. The highest BCUT2D eigenvalue weighted by molar-refractivity contribution is 14.1. The van der Waals surface area contributed by atoms with Crippen LogP contribution in [0.2, 0.25) is 0 Å². The van der Waals surface area contributed by atoms with E-state index in [0.29, 0.717) is 17.1 Å². The Hall–Kier alpha value is -2.09. The molecule has 0 fully saturated rings. The predicted molar refractivity (Wildman–Crippen MR) is 92.5 cm³/mol. The van der Waals surface area contributed by atoms with Gasteiger partial charge in [-0.2, -0.15) is 0 Å². The fraction of sp³-hybridized carbons (Fsp3) is 0.0667. The first kappa shape index (κ1) is 15.3. The first-order valence-corrected chi connectivity index (χ1v) is 7.32. The SMILES string of the molecule is CC(=O)Nc1cccc(NC(=O)Nc2ccc(I)cc2)c1. The predicted octanol–water partition coefficient (Wildman–Crippen LogP) is 3.89. The first-order chi connectivity index (χ1) is 10.0. The van der Waals surface area contributed by atoms with Crippen LogP contribution in [0.25, 0.3) is 0 Å². The second-order valence-electron chi connectivity index (χ2n) is 4.35. The van der Waals surface area contributed by atoms with Gasteiger partial charge in [0.05, 0.1) is 0 Å². The average molecular weight is 395 g/mol. The zero-order valence-electron chi connectivity index (χ0n) is 11.3. The molecule has 6 heteroatoms. The van der Waals surface area contributed by atoms with E-state index in [1.54, 1.807) is 24.3 Å². The molecule has 3 N–H and O–H groups in total. The van der Waals surface area contributed by atoms with E-state index >= 15 is 0 Å². The maximum absolute atomic E-state index is 11.9. The number of rotatable bonds is 3. The fourth-order valence-corrected chi connectivity index (χ4v) is 2.06. The Morgan fingerprint density at radius 3 is 2.05 bits per heavy atom. The van der Waals surface area contributed by atoms with Crippen LogP contribution in [0.3, 0.4) is 0 Å². The van der Waals surface area contributed by atoms with Crippen LogP contribution in [0.1, 0.15) is 6.92 Å². The van der Waals surface area contributed by atoms with E-state index in [9.17, 15) is 9.59 Å². The number of halogens is 1. The molecule has 0 unspecified atom stereocenters. The van der Waals surface area contributed by atoms with Crippen molar-refractivity contribution in [3.8, 4) is 0 Å². The van der Waals surface area contributed by atoms with Gasteiger partial charge in [-0.3, -0.25) is 4.79 Å². The summed E-state index contributed by atoms with van der Waals surface area (Å²) < 4.78 is 1.10. The van der Waals surface area contributed by atoms with Crippen molar-refractivity contribution in [2.45, 2.75) is 6.92 Å². The third-order valence-electron chi connectivity index (χ3n) is 2.54. The smallest absolute Gasteiger partial charge is 0.323 e. The van der Waals surface area contributed by atoms with Gasteiger partial charge in [0, 0.05) is 27.6 Å². The second-order valence-corrected chi connectivity index (χ2v) is 5.59. The van der Waals surface area contributed by atoms with Gasteiger partial charge in [-0.15, -0.1) is 0 Å². The molecule has 0 heterocycles. The van der Waals surface area contributed by atoms with Crippen LogP contribution >= 0.6 is 22.6 Å². The summed E-state index contributed by atoms with van der Waals surface area (Å²) in [5.74, 6) is -0.157. The minimum Gasteiger partial charge on any atom is -0.326 e. The molecule has 0 aliphatic carbocycles. The normalized spacial score (nSPS) is 9.81. The lowest BCUT2D eigenvalue weighted by Crippen LogP contribution is -2.19. The lowest BCUT2D eigenvalue weighted by atomic mass is 10.2. The minimum atomic E-state index is -0.337. The molecule has 0 spiro atoms. The average Bonchev–Trinajstić information content (AvgIpc) is 2.41. The van der Waals surface area contributed by atoms with E-state index in [1.165, 1.54) is 6.92 Å². The first-order valence-electron chi connectivity index (χ1n) is 6.24. The molecule has 21 heavy (non-hydrogen) atoms. The Labute approximate surface area is 136 Å². The molecule has 0 saturated carbocycles. The maximum atomic E-state index is 11.9. The molecule has 2 aromatic rings. The van der Waals surface area contributed by atoms with E-state index in [-0.39, 0.29) is 11.9 Å². The van der Waals surface area contributed by atoms with Crippen molar-refractivity contribution in [2.24, 2.45) is 0 Å². The summed E-state index contributed by atoms with van der Waals surface area (Å²) in [4.78, 5) is 22.9. The lowest BCUT2D eigenvalue weighted by molar-refractivity contribution is -0.114. The van der Waals surface area contributed by atoms with Crippen molar-refractivity contribution >= 4 is 51.6 Å². The zero-order valence-corrected chi connectivity index (χ0v) is 13.5. The van der Waals surface area contributed by atoms with Crippen molar-refractivity contribution in [2.75, 3.05) is 16.0 Å². The molecule has 5 nitrogen and oxygen atoms in total. The Kier molecular flexibility index (Phi) is 5.15. The third-order valence-corrected chi connectivity index (χ3v) is 3.26. The second kappa shape index (κ2) is 7.07. The molecule has 0 radical (unpaired) electrons. The number of anilines is 3. The topological polar surface area (TPSA) is 70.2 Å². The number of hydrogen-bond acceptors (Lipinski definition) is 2. The van der Waals surface area contributed by atoms with Gasteiger partial charge in [0.2, 0.25) is 5.91 Å². The summed E-state index contributed by atoms with van der Waals surface area (Å²) >= 11 is 2.20. The Morgan fingerprint density at radius 2 is 1.43 bits per heavy atom. The van der Waals surface area contributed by atoms with Crippen LogP contribution in [0, 0.1) is 3.57 Å². The van der Waals surface area contributed by atoms with Crippen molar-refractivity contribution < 1.29 is 9.59 Å². The largest absolute Gasteiger partial charge is 0.326 e. The molecule has 0 saturated heterocycles. The van der Waals surface area contributed by atoms with Crippen LogP contribution in [-0.2, 0) is 4.79 Å². The van der Waals surface area contributed by atoms with Crippen molar-refractivity contribution in [3.05, 3.63) is 52.1 Å². The molecule has 0 atom stereocenters. The van der Waals surface area contributed by atoms with E-state index in [0.717, 1.165) is 3.57 Å². The van der Waals surface area contributed by atoms with Crippen molar-refractivity contribution in [1.29, 1.82) is 0 Å². The molecule has 3 amide bonds. The number of amides is 3. The minimum absolute atomic E-state index is 0.157. The van der Waals surface area contributed by atoms with Crippen molar-refractivity contribution in [1.82, 2.24) is 0 Å². The van der Waals surface area contributed by atoms with E-state index in [1.807, 2.05) is 24.3 Å². The molecule has 0 aliphatic heterocycles. The molecule has 0 aliphatic rings. The lowest BCUT2D eigenvalue weighted by Gasteiger charge is -2.09. The summed E-state index contributed by atoms with van der Waals surface area (Å²) in [7, 11) is 0. The third kappa shape index (κ3) is 5.07. The van der Waals surface area contributed by atoms with Crippen molar-refractivity contribution in [3.63, 3.8) is 0 Å². The summed E-state index contributed by atoms with van der Waals surface area (Å²) in [6, 6.07) is 14.1. The van der Waals surface area contributed by atoms with Crippen LogP contribution in [-0.4, -0.2) is 11.9 Å². The number of urea groups is 1. The standard InChI is InChI=1S/C15H14IN3O2/c1-10(20)17-13-3-2-4-14(9-13)19-15(21)18-12-7-5-11(16)6-8-12/h2-9H,1H3,(H,17,20)(H2,18,19,21). The molecular weight excluding hydrogens is 381 g/mol. The highest BCUT2D eigenvalue weighted by Gasteiger charge is 2.04. The molecule has 0 bridgehead atoms. The van der Waals surface area contributed by atoms with Crippen LogP contribution in [0.15, 0.2) is 48.5 Å². The number of benzene rings is 2. The van der Waals surface area contributed by atoms with Crippen LogP contribution < -0.4 is 16.0 Å². The van der Waals surface area contributed by atoms with E-state index in [4.69, 9.17) is 0 Å². The van der Waals surface area contributed by atoms with Gasteiger partial charge in [0.15, 0.2) is 0 Å². The van der Waals surface area contributed by atoms with Gasteiger partial charge < -0.3 is 16.0 Å². The molecule has 108 valence electrons. The number of nitrogens with one attached hydrogen (secondary N) is 3. The molecule has 0 aromatic heterocycles. The van der Waals surface area contributed by atoms with E-state index < -0.39 is 0 Å². The monoisotopic (exact) mass is 395 g/mol. The van der Waals surface area contributed by atoms with Gasteiger partial charge >= 0.3 is 6.03 Å². The van der Waals surface area contributed by atoms with Gasteiger partial charge in [0.1, 0.15) is 0 Å². The molecular formula is C15H14IN3O2. The van der Waals surface area contributed by atoms with Crippen LogP contribution in [0.4, 0.5) is 21.9 Å². The number of carbonyl (C=O) groups is 2. The highest BCUT2D eigenvalue weighted by atomic mass is 127. The van der Waals surface area contributed by atoms with Gasteiger partial charge in [0.25, 0.3) is 0 Å². The number of carbonyl (C=O) groups excluding carboxylic acids is 2. The molecule has 2 rings (SSSR count). The Bertz CT molecular complexity index is 656. The number of hydrogen-bond donors (Lipinski definition) is 3. The van der Waals surface area contributed by atoms with E-state index in [2.05, 4.69) is 38.5 Å². The Morgan fingerprint density at radius 1 is 0.857 bits per heavy atom. The summed E-state index contributed by atoms with van der Waals surface area (Å²) in [6.07, 6.45) is 0. The maximum Gasteiger partial charge on any atom is 0.323 e. The van der Waals surface area contributed by atoms with Crippen LogP contribution in [0.5, 0.6) is 0 Å².